The summed E-state index contributed by atoms with van der Waals surface area (Å²) in [5, 5.41) is 24.3. The van der Waals surface area contributed by atoms with E-state index in [0.29, 0.717) is 11.6 Å². The Morgan fingerprint density at radius 3 is 2.70 bits per heavy atom. The molecule has 0 unspecified atom stereocenters. The van der Waals surface area contributed by atoms with E-state index in [1.165, 1.54) is 0 Å². The van der Waals surface area contributed by atoms with Gasteiger partial charge in [0.2, 0.25) is 0 Å². The second-order valence-electron chi connectivity index (χ2n) is 9.91. The van der Waals surface area contributed by atoms with Crippen molar-refractivity contribution in [3.63, 3.8) is 0 Å². The van der Waals surface area contributed by atoms with Gasteiger partial charge in [-0.2, -0.15) is 10.4 Å². The predicted octanol–water partition coefficient (Wildman–Crippen LogP) is 5.79. The van der Waals surface area contributed by atoms with E-state index in [1.807, 2.05) is 59.5 Å². The van der Waals surface area contributed by atoms with Gasteiger partial charge in [-0.1, -0.05) is 38.1 Å². The molecule has 7 heteroatoms. The van der Waals surface area contributed by atoms with E-state index in [4.69, 9.17) is 15.1 Å². The fraction of sp³-hybridized carbons (Fsp3) is 0.267. The normalized spacial score (nSPS) is 14.3. The highest BCUT2D eigenvalue weighted by Gasteiger charge is 2.23. The van der Waals surface area contributed by atoms with Gasteiger partial charge in [0.25, 0.3) is 0 Å². The summed E-state index contributed by atoms with van der Waals surface area (Å²) < 4.78 is 1.91. The fourth-order valence-corrected chi connectivity index (χ4v) is 5.23. The van der Waals surface area contributed by atoms with Gasteiger partial charge in [-0.05, 0) is 67.7 Å². The van der Waals surface area contributed by atoms with Crippen LogP contribution in [0.25, 0.3) is 38.8 Å². The zero-order chi connectivity index (χ0) is 25.4. The lowest BCUT2D eigenvalue weighted by atomic mass is 9.98. The number of para-hydroxylation sites is 2. The van der Waals surface area contributed by atoms with Crippen LogP contribution in [-0.2, 0) is 0 Å². The molecule has 5 aromatic rings. The summed E-state index contributed by atoms with van der Waals surface area (Å²) in [6.45, 7) is 6.24. The lowest BCUT2D eigenvalue weighted by molar-refractivity contribution is 0.479. The van der Waals surface area contributed by atoms with Crippen molar-refractivity contribution in [3.8, 4) is 22.9 Å². The predicted molar refractivity (Wildman–Crippen MR) is 148 cm³/mol. The Kier molecular flexibility index (Phi) is 6.03. The van der Waals surface area contributed by atoms with Gasteiger partial charge in [-0.15, -0.1) is 0 Å². The first-order valence-electron chi connectivity index (χ1n) is 12.9. The van der Waals surface area contributed by atoms with Gasteiger partial charge in [0.15, 0.2) is 5.65 Å². The number of anilines is 1. The minimum atomic E-state index is 0.181. The summed E-state index contributed by atoms with van der Waals surface area (Å²) in [5.41, 5.74) is 7.08. The van der Waals surface area contributed by atoms with E-state index in [0.717, 1.165) is 76.1 Å². The largest absolute Gasteiger partial charge is 0.379 e. The van der Waals surface area contributed by atoms with Gasteiger partial charge in [0.1, 0.15) is 6.07 Å². The van der Waals surface area contributed by atoms with E-state index in [2.05, 4.69) is 42.7 Å². The molecule has 0 saturated carbocycles. The first-order chi connectivity index (χ1) is 18.1. The molecule has 0 aliphatic carbocycles. The monoisotopic (exact) mass is 487 g/mol. The standard InChI is InChI=1S/C30H29N7/c1-19(2)28-27-24(22-16-20-6-3-4-8-25(20)34-18-22)12-15-33-30(27)37(36-28)26-9-5-7-21(17-31)29(26)35-23-10-13-32-14-11-23/h3-9,12,15-16,18-19,23,32,35H,10-11,13-14H2,1-2H3. The minimum Gasteiger partial charge on any atom is -0.379 e. The van der Waals surface area contributed by atoms with Crippen molar-refractivity contribution >= 4 is 27.6 Å². The number of nitrogens with one attached hydrogen (secondary N) is 2. The minimum absolute atomic E-state index is 0.181. The Bertz CT molecular complexity index is 1640. The summed E-state index contributed by atoms with van der Waals surface area (Å²) in [7, 11) is 0. The lowest BCUT2D eigenvalue weighted by Crippen LogP contribution is -2.35. The molecule has 2 N–H and O–H groups in total. The van der Waals surface area contributed by atoms with Crippen LogP contribution < -0.4 is 10.6 Å². The van der Waals surface area contributed by atoms with Crippen LogP contribution in [0.15, 0.2) is 67.0 Å². The molecule has 37 heavy (non-hydrogen) atoms. The number of hydrogen-bond acceptors (Lipinski definition) is 6. The summed E-state index contributed by atoms with van der Waals surface area (Å²) in [6, 6.07) is 20.9. The quantitative estimate of drug-likeness (QED) is 0.326. The van der Waals surface area contributed by atoms with Crippen molar-refractivity contribution in [1.82, 2.24) is 25.1 Å². The molecule has 2 aromatic carbocycles. The third-order valence-electron chi connectivity index (χ3n) is 7.12. The molecule has 4 heterocycles. The third-order valence-corrected chi connectivity index (χ3v) is 7.12. The second-order valence-corrected chi connectivity index (χ2v) is 9.91. The average molecular weight is 488 g/mol. The number of benzene rings is 2. The Labute approximate surface area is 216 Å². The fourth-order valence-electron chi connectivity index (χ4n) is 5.23. The van der Waals surface area contributed by atoms with Crippen LogP contribution in [0.1, 0.15) is 43.9 Å². The van der Waals surface area contributed by atoms with Crippen molar-refractivity contribution in [3.05, 3.63) is 78.2 Å². The van der Waals surface area contributed by atoms with E-state index in [-0.39, 0.29) is 5.92 Å². The summed E-state index contributed by atoms with van der Waals surface area (Å²) >= 11 is 0. The van der Waals surface area contributed by atoms with Crippen LogP contribution in [0.2, 0.25) is 0 Å². The maximum absolute atomic E-state index is 9.95. The number of nitrogens with zero attached hydrogens (tertiary/aromatic N) is 5. The van der Waals surface area contributed by atoms with Gasteiger partial charge >= 0.3 is 0 Å². The molecule has 0 amide bonds. The number of rotatable bonds is 5. The Hall–Kier alpha value is -4.28. The molecule has 1 aliphatic rings. The molecule has 1 aliphatic heterocycles. The highest BCUT2D eigenvalue weighted by molar-refractivity contribution is 5.98. The number of nitriles is 1. The van der Waals surface area contributed by atoms with Crippen molar-refractivity contribution in [1.29, 1.82) is 5.26 Å². The molecule has 0 radical (unpaired) electrons. The molecule has 0 bridgehead atoms. The maximum atomic E-state index is 9.95. The van der Waals surface area contributed by atoms with Crippen molar-refractivity contribution in [2.24, 2.45) is 0 Å². The van der Waals surface area contributed by atoms with Gasteiger partial charge in [-0.3, -0.25) is 4.98 Å². The van der Waals surface area contributed by atoms with Crippen LogP contribution >= 0.6 is 0 Å². The zero-order valence-corrected chi connectivity index (χ0v) is 21.1. The van der Waals surface area contributed by atoms with Crippen LogP contribution in [-0.4, -0.2) is 38.9 Å². The molecule has 0 atom stereocenters. The van der Waals surface area contributed by atoms with E-state index in [1.54, 1.807) is 0 Å². The summed E-state index contributed by atoms with van der Waals surface area (Å²) in [4.78, 5) is 9.52. The second kappa shape index (κ2) is 9.64. The Morgan fingerprint density at radius 2 is 1.89 bits per heavy atom. The molecule has 7 nitrogen and oxygen atoms in total. The summed E-state index contributed by atoms with van der Waals surface area (Å²) in [6.07, 6.45) is 5.78. The van der Waals surface area contributed by atoms with Crippen LogP contribution in [0, 0.1) is 11.3 Å². The smallest absolute Gasteiger partial charge is 0.163 e. The molecule has 184 valence electrons. The maximum Gasteiger partial charge on any atom is 0.163 e. The van der Waals surface area contributed by atoms with Crippen LogP contribution in [0.5, 0.6) is 0 Å². The van der Waals surface area contributed by atoms with Gasteiger partial charge in [0.05, 0.1) is 33.5 Å². The summed E-state index contributed by atoms with van der Waals surface area (Å²) in [5.74, 6) is 0.181. The highest BCUT2D eigenvalue weighted by Crippen LogP contribution is 2.37. The van der Waals surface area contributed by atoms with Crippen molar-refractivity contribution in [2.45, 2.75) is 38.6 Å². The van der Waals surface area contributed by atoms with E-state index >= 15 is 0 Å². The average Bonchev–Trinajstić information content (AvgIpc) is 3.34. The molecular weight excluding hydrogens is 458 g/mol. The molecule has 0 spiro atoms. The van der Waals surface area contributed by atoms with Crippen molar-refractivity contribution < 1.29 is 0 Å². The third kappa shape index (κ3) is 4.20. The van der Waals surface area contributed by atoms with Crippen LogP contribution in [0.4, 0.5) is 5.69 Å². The SMILES string of the molecule is CC(C)c1nn(-c2cccc(C#N)c2NC2CCNCC2)c2nccc(-c3cnc4ccccc4c3)c12. The number of piperidine rings is 1. The first kappa shape index (κ1) is 23.1. The van der Waals surface area contributed by atoms with Gasteiger partial charge < -0.3 is 10.6 Å². The Morgan fingerprint density at radius 1 is 1.05 bits per heavy atom. The number of pyridine rings is 2. The van der Waals surface area contributed by atoms with Gasteiger partial charge in [0, 0.05) is 29.4 Å². The van der Waals surface area contributed by atoms with Crippen LogP contribution in [0.3, 0.4) is 0 Å². The number of fused-ring (bicyclic) bond motifs is 2. The molecule has 1 saturated heterocycles. The van der Waals surface area contributed by atoms with Crippen molar-refractivity contribution in [2.75, 3.05) is 18.4 Å². The highest BCUT2D eigenvalue weighted by atomic mass is 15.3. The molecular formula is C30H29N7. The first-order valence-corrected chi connectivity index (χ1v) is 12.9. The molecule has 6 rings (SSSR count). The zero-order valence-electron chi connectivity index (χ0n) is 21.1. The molecule has 1 fully saturated rings. The van der Waals surface area contributed by atoms with E-state index in [9.17, 15) is 5.26 Å². The molecule has 3 aromatic heterocycles. The van der Waals surface area contributed by atoms with E-state index < -0.39 is 0 Å². The Balaban J connectivity index is 1.56. The number of hydrogen-bond donors (Lipinski definition) is 2. The van der Waals surface area contributed by atoms with Gasteiger partial charge in [-0.25, -0.2) is 9.67 Å². The number of aromatic nitrogens is 4. The topological polar surface area (TPSA) is 91.5 Å². The lowest BCUT2D eigenvalue weighted by Gasteiger charge is -2.26.